The Kier molecular flexibility index (Phi) is 3.14. The van der Waals surface area contributed by atoms with Gasteiger partial charge in [-0.05, 0) is 12.2 Å². The van der Waals surface area contributed by atoms with Gasteiger partial charge in [-0.2, -0.15) is 4.98 Å². The smallest absolute Gasteiger partial charge is 0.266 e. The van der Waals surface area contributed by atoms with Gasteiger partial charge in [0, 0.05) is 26.2 Å². The van der Waals surface area contributed by atoms with Crippen molar-refractivity contribution in [2.75, 3.05) is 38.1 Å². The molecule has 1 saturated heterocycles. The van der Waals surface area contributed by atoms with E-state index in [2.05, 4.69) is 31.8 Å². The van der Waals surface area contributed by atoms with Gasteiger partial charge < -0.3 is 14.3 Å². The lowest BCUT2D eigenvalue weighted by molar-refractivity contribution is 0.0995. The molecule has 15 heavy (non-hydrogen) atoms. The highest BCUT2D eigenvalue weighted by molar-refractivity contribution is 5.28. The Morgan fingerprint density at radius 2 is 2.13 bits per heavy atom. The largest absolute Gasteiger partial charge is 0.336 e. The molecule has 0 atom stereocenters. The Hall–Kier alpha value is -1.18. The average Bonchev–Trinajstić information content (AvgIpc) is 2.68. The van der Waals surface area contributed by atoms with Crippen LogP contribution in [0.1, 0.15) is 5.89 Å². The fourth-order valence-corrected chi connectivity index (χ4v) is 1.51. The molecule has 0 spiro atoms. The van der Waals surface area contributed by atoms with Crippen molar-refractivity contribution in [1.29, 1.82) is 0 Å². The maximum Gasteiger partial charge on any atom is 0.266 e. The first kappa shape index (κ1) is 10.3. The number of piperazine rings is 1. The van der Waals surface area contributed by atoms with Crippen LogP contribution >= 0.6 is 0 Å². The van der Waals surface area contributed by atoms with Crippen LogP contribution in [0, 0.1) is 0 Å². The summed E-state index contributed by atoms with van der Waals surface area (Å²) in [6.07, 6.45) is 0. The minimum Gasteiger partial charge on any atom is -0.336 e. The van der Waals surface area contributed by atoms with Gasteiger partial charge in [-0.1, -0.05) is 0 Å². The fraction of sp³-hybridized carbons (Fsp3) is 0.750. The van der Waals surface area contributed by atoms with Crippen LogP contribution in [0.15, 0.2) is 4.52 Å². The molecule has 2 N–H and O–H groups in total. The molecule has 7 nitrogen and oxygen atoms in total. The Bertz CT molecular complexity index is 308. The first-order chi connectivity index (χ1) is 7.29. The normalized spacial score (nSPS) is 18.4. The lowest BCUT2D eigenvalue weighted by Gasteiger charge is -2.31. The molecule has 1 aliphatic rings. The van der Waals surface area contributed by atoms with E-state index in [4.69, 9.17) is 10.4 Å². The molecule has 0 aromatic carbocycles. The van der Waals surface area contributed by atoms with E-state index in [-0.39, 0.29) is 6.61 Å². The van der Waals surface area contributed by atoms with E-state index in [1.807, 2.05) is 0 Å². The van der Waals surface area contributed by atoms with Crippen LogP contribution in [0.5, 0.6) is 0 Å². The number of rotatable bonds is 3. The molecule has 2 heterocycles. The summed E-state index contributed by atoms with van der Waals surface area (Å²) in [4.78, 5) is 12.9. The highest BCUT2D eigenvalue weighted by Crippen LogP contribution is 2.11. The van der Waals surface area contributed by atoms with Crippen molar-refractivity contribution in [3.05, 3.63) is 5.89 Å². The lowest BCUT2D eigenvalue weighted by Crippen LogP contribution is -2.44. The Morgan fingerprint density at radius 3 is 2.80 bits per heavy atom. The van der Waals surface area contributed by atoms with Gasteiger partial charge in [0.15, 0.2) is 0 Å². The van der Waals surface area contributed by atoms with E-state index in [0.717, 1.165) is 26.2 Å². The van der Waals surface area contributed by atoms with Gasteiger partial charge in [0.1, 0.15) is 6.61 Å². The van der Waals surface area contributed by atoms with Crippen LogP contribution in [0.4, 0.5) is 5.95 Å². The third-order valence-electron chi connectivity index (χ3n) is 2.45. The molecule has 1 fully saturated rings. The maximum atomic E-state index is 4.96. The van der Waals surface area contributed by atoms with Crippen LogP contribution < -0.4 is 10.8 Å². The standard InChI is InChI=1S/C8H15N5O2/c1-12-2-4-13(5-3-12)8-10-7(6-14-9)15-11-8/h2-6,9H2,1H3. The number of likely N-dealkylation sites (N-methyl/N-ethyl adjacent to an activating group) is 1. The topological polar surface area (TPSA) is 80.7 Å². The predicted molar refractivity (Wildman–Crippen MR) is 53.0 cm³/mol. The van der Waals surface area contributed by atoms with E-state index in [1.165, 1.54) is 0 Å². The van der Waals surface area contributed by atoms with Crippen LogP contribution in [0.2, 0.25) is 0 Å². The van der Waals surface area contributed by atoms with E-state index < -0.39 is 0 Å². The highest BCUT2D eigenvalue weighted by Gasteiger charge is 2.18. The van der Waals surface area contributed by atoms with E-state index in [1.54, 1.807) is 0 Å². The van der Waals surface area contributed by atoms with Crippen molar-refractivity contribution < 1.29 is 9.36 Å². The van der Waals surface area contributed by atoms with Crippen molar-refractivity contribution in [3.63, 3.8) is 0 Å². The van der Waals surface area contributed by atoms with Gasteiger partial charge in [0.2, 0.25) is 0 Å². The van der Waals surface area contributed by atoms with Crippen molar-refractivity contribution in [1.82, 2.24) is 15.0 Å². The molecule has 1 aromatic rings. The van der Waals surface area contributed by atoms with Gasteiger partial charge in [0.25, 0.3) is 11.8 Å². The summed E-state index contributed by atoms with van der Waals surface area (Å²) < 4.78 is 4.96. The van der Waals surface area contributed by atoms with Crippen molar-refractivity contribution in [2.24, 2.45) is 5.90 Å². The zero-order chi connectivity index (χ0) is 10.7. The second kappa shape index (κ2) is 4.56. The molecule has 84 valence electrons. The van der Waals surface area contributed by atoms with Gasteiger partial charge in [-0.25, -0.2) is 5.90 Å². The summed E-state index contributed by atoms with van der Waals surface area (Å²) in [5.41, 5.74) is 0. The molecule has 0 saturated carbocycles. The maximum absolute atomic E-state index is 4.96. The predicted octanol–water partition coefficient (Wildman–Crippen LogP) is -0.788. The zero-order valence-electron chi connectivity index (χ0n) is 8.72. The second-order valence-corrected chi connectivity index (χ2v) is 3.59. The van der Waals surface area contributed by atoms with Gasteiger partial charge >= 0.3 is 0 Å². The minimum atomic E-state index is 0.154. The molecular formula is C8H15N5O2. The van der Waals surface area contributed by atoms with E-state index >= 15 is 0 Å². The summed E-state index contributed by atoms with van der Waals surface area (Å²) in [6, 6.07) is 0. The SMILES string of the molecule is CN1CCN(c2noc(CON)n2)CC1. The number of hydrogen-bond donors (Lipinski definition) is 1. The third kappa shape index (κ3) is 2.44. The summed E-state index contributed by atoms with van der Waals surface area (Å²) in [5.74, 6) is 5.95. The molecule has 0 bridgehead atoms. The molecule has 2 rings (SSSR count). The number of anilines is 1. The zero-order valence-corrected chi connectivity index (χ0v) is 8.72. The third-order valence-corrected chi connectivity index (χ3v) is 2.45. The monoisotopic (exact) mass is 213 g/mol. The Morgan fingerprint density at radius 1 is 1.40 bits per heavy atom. The number of nitrogens with zero attached hydrogens (tertiary/aromatic N) is 4. The average molecular weight is 213 g/mol. The molecule has 1 aliphatic heterocycles. The molecule has 1 aromatic heterocycles. The fourth-order valence-electron chi connectivity index (χ4n) is 1.51. The van der Waals surface area contributed by atoms with E-state index in [9.17, 15) is 0 Å². The minimum absolute atomic E-state index is 0.154. The molecule has 0 unspecified atom stereocenters. The van der Waals surface area contributed by atoms with Gasteiger partial charge in [-0.15, -0.1) is 0 Å². The quantitative estimate of drug-likeness (QED) is 0.659. The van der Waals surface area contributed by atoms with Crippen molar-refractivity contribution in [3.8, 4) is 0 Å². The highest BCUT2D eigenvalue weighted by atomic mass is 16.6. The molecule has 0 radical (unpaired) electrons. The van der Waals surface area contributed by atoms with Gasteiger partial charge in [0.05, 0.1) is 0 Å². The summed E-state index contributed by atoms with van der Waals surface area (Å²) in [5, 5.41) is 3.87. The molecule has 0 amide bonds. The first-order valence-corrected chi connectivity index (χ1v) is 4.87. The van der Waals surface area contributed by atoms with Crippen LogP contribution in [0.25, 0.3) is 0 Å². The summed E-state index contributed by atoms with van der Waals surface area (Å²) in [7, 11) is 2.10. The van der Waals surface area contributed by atoms with Crippen molar-refractivity contribution >= 4 is 5.95 Å². The molecular weight excluding hydrogens is 198 g/mol. The lowest BCUT2D eigenvalue weighted by atomic mass is 10.3. The Labute approximate surface area is 87.7 Å². The number of hydrogen-bond acceptors (Lipinski definition) is 7. The molecule has 7 heteroatoms. The molecule has 0 aliphatic carbocycles. The van der Waals surface area contributed by atoms with Crippen LogP contribution in [-0.2, 0) is 11.4 Å². The second-order valence-electron chi connectivity index (χ2n) is 3.59. The Balaban J connectivity index is 1.96. The summed E-state index contributed by atoms with van der Waals surface area (Å²) >= 11 is 0. The van der Waals surface area contributed by atoms with Crippen molar-refractivity contribution in [2.45, 2.75) is 6.61 Å². The first-order valence-electron chi connectivity index (χ1n) is 4.87. The van der Waals surface area contributed by atoms with E-state index in [0.29, 0.717) is 11.8 Å². The number of nitrogens with two attached hydrogens (primary N) is 1. The number of aromatic nitrogens is 2. The van der Waals surface area contributed by atoms with Gasteiger partial charge in [-0.3, -0.25) is 4.84 Å². The van der Waals surface area contributed by atoms with Crippen LogP contribution in [0.3, 0.4) is 0 Å². The summed E-state index contributed by atoms with van der Waals surface area (Å²) in [6.45, 7) is 4.01. The van der Waals surface area contributed by atoms with Crippen LogP contribution in [-0.4, -0.2) is 48.3 Å².